The highest BCUT2D eigenvalue weighted by Crippen LogP contribution is 2.09. The van der Waals surface area contributed by atoms with Gasteiger partial charge in [-0.15, -0.1) is 0 Å². The molecule has 0 amide bonds. The lowest BCUT2D eigenvalue weighted by molar-refractivity contribution is -0.141. The van der Waals surface area contributed by atoms with Gasteiger partial charge >= 0.3 is 11.9 Å². The van der Waals surface area contributed by atoms with Gasteiger partial charge in [-0.3, -0.25) is 0 Å². The van der Waals surface area contributed by atoms with Gasteiger partial charge in [-0.05, 0) is 13.8 Å². The van der Waals surface area contributed by atoms with E-state index in [-0.39, 0.29) is 31.0 Å². The molecule has 0 aromatic heterocycles. The van der Waals surface area contributed by atoms with Gasteiger partial charge in [-0.25, -0.2) is 15.0 Å². The first-order valence-corrected chi connectivity index (χ1v) is 4.77. The molecule has 2 N–H and O–H groups in total. The second kappa shape index (κ2) is 5.35. The summed E-state index contributed by atoms with van der Waals surface area (Å²) in [6.07, 6.45) is 0. The number of carbonyl (C=O) groups excluding carboxylic acids is 2. The minimum Gasteiger partial charge on any atom is -0.463 e. The Kier molecular flexibility index (Phi) is 4.11. The third kappa shape index (κ3) is 2.69. The van der Waals surface area contributed by atoms with E-state index in [1.54, 1.807) is 13.8 Å². The van der Waals surface area contributed by atoms with E-state index in [0.717, 1.165) is 0 Å². The average molecular weight is 214 g/mol. The van der Waals surface area contributed by atoms with E-state index in [9.17, 15) is 9.59 Å². The average Bonchev–Trinajstić information content (AvgIpc) is 2.66. The molecule has 0 radical (unpaired) electrons. The van der Waals surface area contributed by atoms with Crippen molar-refractivity contribution in [3.05, 3.63) is 11.3 Å². The summed E-state index contributed by atoms with van der Waals surface area (Å²) in [7, 11) is 0. The molecule has 0 aliphatic carbocycles. The second-order valence-electron chi connectivity index (χ2n) is 2.77. The molecule has 0 aromatic carbocycles. The van der Waals surface area contributed by atoms with Crippen LogP contribution >= 0.6 is 0 Å². The smallest absolute Gasteiger partial charge is 0.356 e. The van der Waals surface area contributed by atoms with Crippen molar-refractivity contribution in [1.82, 2.24) is 10.9 Å². The lowest BCUT2D eigenvalue weighted by atomic mass is 10.2. The molecule has 0 aromatic rings. The molecule has 15 heavy (non-hydrogen) atoms. The molecular weight excluding hydrogens is 200 g/mol. The Balaban J connectivity index is 2.77. The molecule has 0 atom stereocenters. The van der Waals surface area contributed by atoms with Crippen molar-refractivity contribution in [2.24, 2.45) is 0 Å². The number of carbonyl (C=O) groups is 2. The van der Waals surface area contributed by atoms with Crippen molar-refractivity contribution in [2.45, 2.75) is 13.8 Å². The molecular formula is C9H14N2O4. The number of hydrogen-bond donors (Lipinski definition) is 2. The molecule has 0 bridgehead atoms. The van der Waals surface area contributed by atoms with Gasteiger partial charge in [0.2, 0.25) is 0 Å². The van der Waals surface area contributed by atoms with Crippen molar-refractivity contribution >= 4 is 11.9 Å². The SMILES string of the molecule is CCOC(=O)C1=C(C(=O)OCC)NNC1. The van der Waals surface area contributed by atoms with Crippen LogP contribution in [0.1, 0.15) is 13.8 Å². The van der Waals surface area contributed by atoms with Crippen LogP contribution in [-0.4, -0.2) is 31.7 Å². The van der Waals surface area contributed by atoms with E-state index in [1.165, 1.54) is 0 Å². The number of hydrogen-bond acceptors (Lipinski definition) is 6. The number of ether oxygens (including phenoxy) is 2. The van der Waals surface area contributed by atoms with Crippen molar-refractivity contribution in [2.75, 3.05) is 19.8 Å². The first kappa shape index (κ1) is 11.5. The molecule has 1 heterocycles. The summed E-state index contributed by atoms with van der Waals surface area (Å²) >= 11 is 0. The van der Waals surface area contributed by atoms with Crippen molar-refractivity contribution < 1.29 is 19.1 Å². The van der Waals surface area contributed by atoms with Crippen molar-refractivity contribution in [3.63, 3.8) is 0 Å². The summed E-state index contributed by atoms with van der Waals surface area (Å²) in [5.74, 6) is -1.05. The Bertz CT molecular complexity index is 270. The molecule has 0 unspecified atom stereocenters. The molecule has 1 aliphatic heterocycles. The standard InChI is InChI=1S/C9H14N2O4/c1-3-14-8(12)6-5-10-11-7(6)9(13)15-4-2/h10-11H,3-5H2,1-2H3. The fraction of sp³-hybridized carbons (Fsp3) is 0.556. The summed E-state index contributed by atoms with van der Waals surface area (Å²) in [6, 6.07) is 0. The summed E-state index contributed by atoms with van der Waals surface area (Å²) in [4.78, 5) is 22.8. The highest BCUT2D eigenvalue weighted by atomic mass is 16.5. The maximum Gasteiger partial charge on any atom is 0.356 e. The van der Waals surface area contributed by atoms with Gasteiger partial charge < -0.3 is 14.9 Å². The molecule has 6 heteroatoms. The quantitative estimate of drug-likeness (QED) is 0.613. The van der Waals surface area contributed by atoms with Crippen LogP contribution in [0.25, 0.3) is 0 Å². The minimum absolute atomic E-state index is 0.135. The zero-order chi connectivity index (χ0) is 11.3. The first-order valence-electron chi connectivity index (χ1n) is 4.77. The van der Waals surface area contributed by atoms with E-state index in [2.05, 4.69) is 10.9 Å². The van der Waals surface area contributed by atoms with Gasteiger partial charge in [-0.1, -0.05) is 0 Å². The number of hydrazine groups is 1. The van der Waals surface area contributed by atoms with Crippen LogP contribution in [0.3, 0.4) is 0 Å². The monoisotopic (exact) mass is 214 g/mol. The van der Waals surface area contributed by atoms with Crippen LogP contribution in [-0.2, 0) is 19.1 Å². The molecule has 6 nitrogen and oxygen atoms in total. The lowest BCUT2D eigenvalue weighted by Gasteiger charge is -2.05. The zero-order valence-corrected chi connectivity index (χ0v) is 8.75. The number of rotatable bonds is 4. The largest absolute Gasteiger partial charge is 0.463 e. The van der Waals surface area contributed by atoms with Crippen LogP contribution in [0.5, 0.6) is 0 Å². The second-order valence-corrected chi connectivity index (χ2v) is 2.77. The van der Waals surface area contributed by atoms with Crippen molar-refractivity contribution in [1.29, 1.82) is 0 Å². The van der Waals surface area contributed by atoms with Gasteiger partial charge in [0.05, 0.1) is 18.8 Å². The fourth-order valence-electron chi connectivity index (χ4n) is 1.15. The molecule has 1 rings (SSSR count). The van der Waals surface area contributed by atoms with E-state index in [4.69, 9.17) is 9.47 Å². The van der Waals surface area contributed by atoms with Crippen LogP contribution in [0.2, 0.25) is 0 Å². The molecule has 0 fully saturated rings. The maximum absolute atomic E-state index is 11.4. The number of esters is 2. The third-order valence-corrected chi connectivity index (χ3v) is 1.78. The zero-order valence-electron chi connectivity index (χ0n) is 8.75. The highest BCUT2D eigenvalue weighted by Gasteiger charge is 2.27. The summed E-state index contributed by atoms with van der Waals surface area (Å²) in [5, 5.41) is 0. The maximum atomic E-state index is 11.4. The van der Waals surface area contributed by atoms with E-state index in [1.807, 2.05) is 0 Å². The predicted molar refractivity (Wildman–Crippen MR) is 51.4 cm³/mol. The van der Waals surface area contributed by atoms with E-state index < -0.39 is 11.9 Å². The molecule has 84 valence electrons. The normalized spacial score (nSPS) is 14.8. The summed E-state index contributed by atoms with van der Waals surface area (Å²) in [5.41, 5.74) is 5.67. The highest BCUT2D eigenvalue weighted by molar-refractivity contribution is 6.00. The third-order valence-electron chi connectivity index (χ3n) is 1.78. The summed E-state index contributed by atoms with van der Waals surface area (Å²) in [6.45, 7) is 4.20. The van der Waals surface area contributed by atoms with Crippen LogP contribution in [0, 0.1) is 0 Å². The molecule has 1 aliphatic rings. The predicted octanol–water partition coefficient (Wildman–Crippen LogP) is -0.525. The van der Waals surface area contributed by atoms with Gasteiger partial charge in [0, 0.05) is 6.54 Å². The minimum atomic E-state index is -0.550. The lowest BCUT2D eigenvalue weighted by Crippen LogP contribution is -2.28. The first-order chi connectivity index (χ1) is 7.20. The molecule has 0 saturated heterocycles. The Morgan fingerprint density at radius 2 is 1.80 bits per heavy atom. The van der Waals surface area contributed by atoms with Gasteiger partial charge in [0.25, 0.3) is 0 Å². The van der Waals surface area contributed by atoms with Gasteiger partial charge in [0.1, 0.15) is 5.70 Å². The Labute approximate surface area is 87.6 Å². The van der Waals surface area contributed by atoms with Gasteiger partial charge in [-0.2, -0.15) is 0 Å². The Morgan fingerprint density at radius 3 is 2.40 bits per heavy atom. The topological polar surface area (TPSA) is 76.7 Å². The van der Waals surface area contributed by atoms with Gasteiger partial charge in [0.15, 0.2) is 0 Å². The van der Waals surface area contributed by atoms with E-state index in [0.29, 0.717) is 0 Å². The summed E-state index contributed by atoms with van der Waals surface area (Å²) < 4.78 is 9.58. The van der Waals surface area contributed by atoms with Crippen molar-refractivity contribution in [3.8, 4) is 0 Å². The van der Waals surface area contributed by atoms with Crippen LogP contribution in [0.15, 0.2) is 11.3 Å². The Hall–Kier alpha value is -1.56. The van der Waals surface area contributed by atoms with Crippen LogP contribution in [0.4, 0.5) is 0 Å². The van der Waals surface area contributed by atoms with E-state index >= 15 is 0 Å². The molecule has 0 spiro atoms. The fourth-order valence-corrected chi connectivity index (χ4v) is 1.15. The number of nitrogens with one attached hydrogen (secondary N) is 2. The molecule has 0 saturated carbocycles. The van der Waals surface area contributed by atoms with Crippen LogP contribution < -0.4 is 10.9 Å². The Morgan fingerprint density at radius 1 is 1.20 bits per heavy atom.